The zero-order chi connectivity index (χ0) is 35.1. The van der Waals surface area contributed by atoms with Gasteiger partial charge in [-0.15, -0.1) is 0 Å². The molecule has 0 atom stereocenters. The van der Waals surface area contributed by atoms with E-state index >= 15 is 0 Å². The van der Waals surface area contributed by atoms with Gasteiger partial charge in [-0.25, -0.2) is 18.1 Å². The van der Waals surface area contributed by atoms with Gasteiger partial charge in [-0.3, -0.25) is 33.1 Å². The lowest BCUT2D eigenvalue weighted by Gasteiger charge is -2.10. The Morgan fingerprint density at radius 3 is 1.83 bits per heavy atom. The second-order valence-electron chi connectivity index (χ2n) is 10.8. The Morgan fingerprint density at radius 2 is 1.34 bits per heavy atom. The molecular weight excluding hydrogens is 673 g/mol. The molecule has 0 aliphatic heterocycles. The first-order chi connectivity index (χ1) is 21.8. The maximum absolute atomic E-state index is 14.4. The highest BCUT2D eigenvalue weighted by Gasteiger charge is 2.39. The minimum absolute atomic E-state index is 0.123. The number of aromatic amines is 1. The SMILES string of the molecule is CC(C)n1c(=O)sc2cc(F)c(NC(=O)CC(=O)C(F)(F)F)cc21.Cc1cc(=O)n(-c2cc3c(cc2F)sc(=O)n3C(C)C)c(=O)[nH]1. The number of alkyl halides is 3. The van der Waals surface area contributed by atoms with Crippen molar-refractivity contribution in [2.45, 2.75) is 59.3 Å². The number of rotatable bonds is 6. The number of H-pyrrole nitrogens is 1. The lowest BCUT2D eigenvalue weighted by Crippen LogP contribution is -2.34. The van der Waals surface area contributed by atoms with E-state index in [-0.39, 0.29) is 27.5 Å². The zero-order valence-electron chi connectivity index (χ0n) is 25.2. The maximum atomic E-state index is 14.4. The van der Waals surface area contributed by atoms with Gasteiger partial charge in [0.2, 0.25) is 11.7 Å². The summed E-state index contributed by atoms with van der Waals surface area (Å²) in [5.41, 5.74) is -0.671. The van der Waals surface area contributed by atoms with Crippen LogP contribution in [0.4, 0.5) is 27.6 Å². The minimum atomic E-state index is -5.13. The van der Waals surface area contributed by atoms with Crippen LogP contribution in [0.15, 0.2) is 49.5 Å². The highest BCUT2D eigenvalue weighted by molar-refractivity contribution is 7.16. The number of aromatic nitrogens is 4. The topological polar surface area (TPSA) is 145 Å². The molecule has 5 rings (SSSR count). The Kier molecular flexibility index (Phi) is 9.86. The molecule has 0 aliphatic rings. The molecule has 0 unspecified atom stereocenters. The molecule has 5 aromatic rings. The van der Waals surface area contributed by atoms with Gasteiger partial charge in [0.25, 0.3) is 5.56 Å². The fourth-order valence-corrected chi connectivity index (χ4v) is 6.66. The van der Waals surface area contributed by atoms with Gasteiger partial charge in [0.15, 0.2) is 0 Å². The van der Waals surface area contributed by atoms with Crippen molar-refractivity contribution < 1.29 is 31.5 Å². The fraction of sp³-hybridized carbons (Fsp3) is 0.310. The van der Waals surface area contributed by atoms with Gasteiger partial charge in [0.1, 0.15) is 11.6 Å². The highest BCUT2D eigenvalue weighted by atomic mass is 32.1. The van der Waals surface area contributed by atoms with Crippen molar-refractivity contribution in [3.63, 3.8) is 0 Å². The molecule has 3 heterocycles. The number of amides is 1. The summed E-state index contributed by atoms with van der Waals surface area (Å²) in [6.45, 7) is 8.71. The molecule has 0 fully saturated rings. The molecule has 11 nitrogen and oxygen atoms in total. The summed E-state index contributed by atoms with van der Waals surface area (Å²) in [5, 5.41) is 1.94. The van der Waals surface area contributed by atoms with E-state index in [4.69, 9.17) is 0 Å². The Morgan fingerprint density at radius 1 is 0.830 bits per heavy atom. The van der Waals surface area contributed by atoms with E-state index in [1.165, 1.54) is 33.4 Å². The lowest BCUT2D eigenvalue weighted by atomic mass is 10.2. The maximum Gasteiger partial charge on any atom is 0.450 e. The number of fused-ring (bicyclic) bond motifs is 2. The lowest BCUT2D eigenvalue weighted by molar-refractivity contribution is -0.171. The first-order valence-corrected chi connectivity index (χ1v) is 15.4. The molecule has 0 aliphatic carbocycles. The quantitative estimate of drug-likeness (QED) is 0.185. The molecular formula is C29H26F5N5O6S2. The van der Waals surface area contributed by atoms with Crippen LogP contribution < -0.4 is 26.3 Å². The van der Waals surface area contributed by atoms with Crippen LogP contribution in [0, 0.1) is 18.6 Å². The molecule has 0 spiro atoms. The van der Waals surface area contributed by atoms with E-state index < -0.39 is 52.9 Å². The molecule has 0 radical (unpaired) electrons. The van der Waals surface area contributed by atoms with Crippen LogP contribution in [0.5, 0.6) is 0 Å². The Balaban J connectivity index is 0.000000213. The summed E-state index contributed by atoms with van der Waals surface area (Å²) >= 11 is 1.74. The average Bonchev–Trinajstić information content (AvgIpc) is 3.42. The molecule has 2 N–H and O–H groups in total. The van der Waals surface area contributed by atoms with Crippen molar-refractivity contribution >= 4 is 60.5 Å². The molecule has 1 amide bonds. The van der Waals surface area contributed by atoms with Crippen LogP contribution in [0.1, 0.15) is 51.9 Å². The highest BCUT2D eigenvalue weighted by Crippen LogP contribution is 2.28. The summed E-state index contributed by atoms with van der Waals surface area (Å²) in [6, 6.07) is 5.60. The number of nitrogens with zero attached hydrogens (tertiary/aromatic N) is 3. The van der Waals surface area contributed by atoms with E-state index in [2.05, 4.69) is 4.98 Å². The van der Waals surface area contributed by atoms with Crippen molar-refractivity contribution in [2.24, 2.45) is 0 Å². The van der Waals surface area contributed by atoms with Gasteiger partial charge in [0.05, 0.1) is 38.2 Å². The molecule has 250 valence electrons. The number of halogens is 5. The molecule has 18 heteroatoms. The summed E-state index contributed by atoms with van der Waals surface area (Å²) in [5.74, 6) is -5.15. The van der Waals surface area contributed by atoms with Crippen molar-refractivity contribution in [3.05, 3.63) is 87.8 Å². The van der Waals surface area contributed by atoms with Gasteiger partial charge < -0.3 is 10.3 Å². The average molecular weight is 700 g/mol. The second kappa shape index (κ2) is 13.2. The van der Waals surface area contributed by atoms with Crippen LogP contribution >= 0.6 is 22.7 Å². The summed E-state index contributed by atoms with van der Waals surface area (Å²) < 4.78 is 69.2. The number of thiazole rings is 2. The third-order valence-corrected chi connectivity index (χ3v) is 8.47. The predicted octanol–water partition coefficient (Wildman–Crippen LogP) is 5.17. The summed E-state index contributed by atoms with van der Waals surface area (Å²) in [7, 11) is 0. The van der Waals surface area contributed by atoms with E-state index in [1.807, 2.05) is 19.2 Å². The number of hydrogen-bond donors (Lipinski definition) is 2. The van der Waals surface area contributed by atoms with Crippen molar-refractivity contribution in [1.82, 2.24) is 18.7 Å². The predicted molar refractivity (Wildman–Crippen MR) is 168 cm³/mol. The van der Waals surface area contributed by atoms with Gasteiger partial charge in [-0.1, -0.05) is 22.7 Å². The third kappa shape index (κ3) is 7.32. The summed E-state index contributed by atoms with van der Waals surface area (Å²) in [6.07, 6.45) is -6.58. The first kappa shape index (κ1) is 35.1. The van der Waals surface area contributed by atoms with Crippen LogP contribution in [0.25, 0.3) is 26.1 Å². The number of hydrogen-bond acceptors (Lipinski definition) is 8. The van der Waals surface area contributed by atoms with Gasteiger partial charge >= 0.3 is 21.6 Å². The van der Waals surface area contributed by atoms with Gasteiger partial charge in [-0.05, 0) is 58.9 Å². The van der Waals surface area contributed by atoms with Crippen LogP contribution in [0.3, 0.4) is 0 Å². The number of anilines is 1. The fourth-order valence-electron chi connectivity index (χ4n) is 4.62. The van der Waals surface area contributed by atoms with Crippen LogP contribution in [0.2, 0.25) is 0 Å². The van der Waals surface area contributed by atoms with E-state index in [1.54, 1.807) is 20.8 Å². The smallest absolute Gasteiger partial charge is 0.323 e. The number of nitrogens with one attached hydrogen (secondary N) is 2. The molecule has 2 aromatic carbocycles. The molecule has 47 heavy (non-hydrogen) atoms. The number of carbonyl (C=O) groups excluding carboxylic acids is 2. The molecule has 3 aromatic heterocycles. The number of carbonyl (C=O) groups is 2. The number of aryl methyl sites for hydroxylation is 1. The number of benzene rings is 2. The number of Topliss-reactive ketones (excluding diaryl/α,β-unsaturated/α-hetero) is 1. The molecule has 0 bridgehead atoms. The normalized spacial score (nSPS) is 11.7. The van der Waals surface area contributed by atoms with Crippen molar-refractivity contribution in [1.29, 1.82) is 0 Å². The van der Waals surface area contributed by atoms with Crippen LogP contribution in [-0.2, 0) is 9.59 Å². The second-order valence-corrected chi connectivity index (χ2v) is 12.8. The zero-order valence-corrected chi connectivity index (χ0v) is 26.9. The standard InChI is InChI=1S/C15H14FN3O3S.C14H12F4N2O3S/c1-7(2)18-11-6-10(9(16)5-12(11)23-15(18)22)19-13(20)4-8(3)17-14(19)21;1-6(2)20-9-4-8(7(15)3-10(9)24-13(20)23)19-12(22)5-11(21)14(16,17)18/h4-7H,1-3H3,(H,17,21);3-4,6H,5H2,1-2H3,(H,19,22). The number of ketones is 1. The third-order valence-electron chi connectivity index (χ3n) is 6.64. The van der Waals surface area contributed by atoms with E-state index in [0.717, 1.165) is 33.3 Å². The first-order valence-electron chi connectivity index (χ1n) is 13.7. The van der Waals surface area contributed by atoms with E-state index in [9.17, 15) is 50.7 Å². The van der Waals surface area contributed by atoms with Crippen molar-refractivity contribution in [3.8, 4) is 5.69 Å². The minimum Gasteiger partial charge on any atom is -0.323 e. The largest absolute Gasteiger partial charge is 0.450 e. The molecule has 0 saturated carbocycles. The Hall–Kier alpha value is -4.71. The van der Waals surface area contributed by atoms with Gasteiger partial charge in [-0.2, -0.15) is 13.2 Å². The summed E-state index contributed by atoms with van der Waals surface area (Å²) in [4.78, 5) is 72.3. The van der Waals surface area contributed by atoms with E-state index in [0.29, 0.717) is 26.1 Å². The monoisotopic (exact) mass is 699 g/mol. The van der Waals surface area contributed by atoms with Crippen molar-refractivity contribution in [2.75, 3.05) is 5.32 Å². The Labute approximate surface area is 268 Å². The molecule has 0 saturated heterocycles. The van der Waals surface area contributed by atoms with Gasteiger partial charge in [0, 0.05) is 23.8 Å². The Bertz CT molecular complexity index is 2240. The van der Waals surface area contributed by atoms with Crippen LogP contribution in [-0.4, -0.2) is 36.6 Å².